The Bertz CT molecular complexity index is 1140. The molecule has 2 aromatic carbocycles. The molecule has 1 amide bonds. The lowest BCUT2D eigenvalue weighted by atomic mass is 10.0. The fourth-order valence-corrected chi connectivity index (χ4v) is 3.43. The highest BCUT2D eigenvalue weighted by molar-refractivity contribution is 5.95. The Balaban J connectivity index is 0.000000708. The summed E-state index contributed by atoms with van der Waals surface area (Å²) in [5.41, 5.74) is 10.6. The number of hydrogen-bond donors (Lipinski definition) is 5. The largest absolute Gasteiger partial charge is 0.490 e. The van der Waals surface area contributed by atoms with Crippen LogP contribution >= 0.6 is 0 Å². The smallest absolute Gasteiger partial charge is 0.490 e. The minimum atomic E-state index is -5.08. The molecule has 6 N–H and O–H groups in total. The number of nitrogens with one attached hydrogen (secondary N) is 3. The summed E-state index contributed by atoms with van der Waals surface area (Å²) in [7, 11) is 0. The maximum Gasteiger partial charge on any atom is 0.490 e. The van der Waals surface area contributed by atoms with Crippen molar-refractivity contribution in [3.63, 3.8) is 0 Å². The van der Waals surface area contributed by atoms with Crippen LogP contribution in [0.15, 0.2) is 42.5 Å². The van der Waals surface area contributed by atoms with Gasteiger partial charge >= 0.3 is 12.1 Å². The van der Waals surface area contributed by atoms with Gasteiger partial charge in [0.15, 0.2) is 11.5 Å². The minimum absolute atomic E-state index is 0.00612. The van der Waals surface area contributed by atoms with Crippen LogP contribution in [0.25, 0.3) is 0 Å². The van der Waals surface area contributed by atoms with E-state index in [1.807, 2.05) is 44.0 Å². The van der Waals surface area contributed by atoms with Gasteiger partial charge in [-0.3, -0.25) is 15.6 Å². The van der Waals surface area contributed by atoms with E-state index >= 15 is 0 Å². The van der Waals surface area contributed by atoms with Crippen LogP contribution < -0.4 is 25.9 Å². The Morgan fingerprint density at radius 3 is 2.23 bits per heavy atom. The molecule has 1 aliphatic rings. The summed E-state index contributed by atoms with van der Waals surface area (Å²) in [6, 6.07) is 11.9. The van der Waals surface area contributed by atoms with Gasteiger partial charge in [-0.25, -0.2) is 9.80 Å². The second kappa shape index (κ2) is 14.9. The number of nitrogens with two attached hydrogens (primary N) is 1. The normalized spacial score (nSPS) is 14.4. The number of hydrazine groups is 1. The number of alkyl halides is 3. The zero-order chi connectivity index (χ0) is 29.9. The fraction of sp³-hybridized carbons (Fsp3) is 0.423. The topological polar surface area (TPSA) is 159 Å². The van der Waals surface area contributed by atoms with Crippen LogP contribution in [0.4, 0.5) is 18.9 Å². The molecular weight excluding hydrogens is 535 g/mol. The van der Waals surface area contributed by atoms with Crippen LogP contribution in [0.3, 0.4) is 0 Å². The number of anilines is 1. The molecule has 0 radical (unpaired) electrons. The standard InChI is InChI=1S/C24H33N5O4.C2HF3O2/c1-4-32-21-15-18(7-10-20(21)33-16(2)3)22(24(30)28-29-11-13-31-14-12-29)27-19-8-5-17(6-9-19)23(25)26;3-2(4,5)1(6)7/h5-10,15-16,22,27H,4,11-14H2,1-3H3,(H3,25,26)(H,28,30);(H,6,7). The van der Waals surface area contributed by atoms with E-state index in [1.165, 1.54) is 0 Å². The summed E-state index contributed by atoms with van der Waals surface area (Å²) in [4.78, 5) is 22.2. The molecule has 1 unspecified atom stereocenters. The van der Waals surface area contributed by atoms with Gasteiger partial charge in [0.2, 0.25) is 0 Å². The first kappa shape index (κ1) is 32.2. The summed E-state index contributed by atoms with van der Waals surface area (Å²) in [5, 5.41) is 19.9. The maximum atomic E-state index is 13.3. The Labute approximate surface area is 229 Å². The van der Waals surface area contributed by atoms with Crippen LogP contribution in [0, 0.1) is 5.41 Å². The lowest BCUT2D eigenvalue weighted by Gasteiger charge is -2.29. The number of morpholine rings is 1. The summed E-state index contributed by atoms with van der Waals surface area (Å²) < 4.78 is 48.8. The Morgan fingerprint density at radius 1 is 1.12 bits per heavy atom. The number of aliphatic carboxylic acids is 1. The monoisotopic (exact) mass is 569 g/mol. The quantitative estimate of drug-likeness (QED) is 0.214. The molecule has 1 heterocycles. The SMILES string of the molecule is CCOc1cc(C(Nc2ccc(C(=N)N)cc2)C(=O)NN2CCOCC2)ccc1OC(C)C.O=C(O)C(F)(F)F. The average Bonchev–Trinajstić information content (AvgIpc) is 2.89. The van der Waals surface area contributed by atoms with Crippen molar-refractivity contribution in [3.05, 3.63) is 53.6 Å². The lowest BCUT2D eigenvalue weighted by molar-refractivity contribution is -0.192. The number of halogens is 3. The van der Waals surface area contributed by atoms with Crippen molar-refractivity contribution < 1.29 is 42.1 Å². The third-order valence-corrected chi connectivity index (χ3v) is 5.25. The van der Waals surface area contributed by atoms with E-state index in [1.54, 1.807) is 24.3 Å². The molecule has 14 heteroatoms. The number of carboxylic acid groups (broad SMARTS) is 1. The molecule has 0 aromatic heterocycles. The highest BCUT2D eigenvalue weighted by atomic mass is 19.4. The molecular formula is C26H34F3N5O6. The molecule has 40 heavy (non-hydrogen) atoms. The number of carbonyl (C=O) groups is 2. The van der Waals surface area contributed by atoms with Gasteiger partial charge in [-0.05, 0) is 62.7 Å². The number of ether oxygens (including phenoxy) is 3. The lowest BCUT2D eigenvalue weighted by Crippen LogP contribution is -2.50. The third kappa shape index (κ3) is 10.3. The van der Waals surface area contributed by atoms with E-state index in [-0.39, 0.29) is 17.8 Å². The second-order valence-corrected chi connectivity index (χ2v) is 8.75. The number of nitrogen functional groups attached to an aromatic ring is 1. The zero-order valence-corrected chi connectivity index (χ0v) is 22.4. The summed E-state index contributed by atoms with van der Waals surface area (Å²) >= 11 is 0. The summed E-state index contributed by atoms with van der Waals surface area (Å²) in [6.45, 7) is 8.67. The molecule has 0 saturated carbocycles. The minimum Gasteiger partial charge on any atom is -0.490 e. The number of carboxylic acids is 1. The van der Waals surface area contributed by atoms with Crippen molar-refractivity contribution in [3.8, 4) is 11.5 Å². The molecule has 1 saturated heterocycles. The van der Waals surface area contributed by atoms with E-state index in [9.17, 15) is 18.0 Å². The highest BCUT2D eigenvalue weighted by Crippen LogP contribution is 2.33. The van der Waals surface area contributed by atoms with Gasteiger partial charge in [0.05, 0.1) is 25.9 Å². The third-order valence-electron chi connectivity index (χ3n) is 5.25. The summed E-state index contributed by atoms with van der Waals surface area (Å²) in [6.07, 6.45) is -5.09. The first-order valence-corrected chi connectivity index (χ1v) is 12.4. The van der Waals surface area contributed by atoms with Gasteiger partial charge in [0.1, 0.15) is 11.9 Å². The van der Waals surface area contributed by atoms with Gasteiger partial charge in [0, 0.05) is 24.3 Å². The van der Waals surface area contributed by atoms with Crippen LogP contribution in [-0.4, -0.2) is 73.0 Å². The highest BCUT2D eigenvalue weighted by Gasteiger charge is 2.38. The molecule has 0 spiro atoms. The second-order valence-electron chi connectivity index (χ2n) is 8.75. The number of amides is 1. The van der Waals surface area contributed by atoms with Crippen molar-refractivity contribution in [1.82, 2.24) is 10.4 Å². The van der Waals surface area contributed by atoms with Crippen LogP contribution in [0.1, 0.15) is 37.9 Å². The number of hydrogen-bond acceptors (Lipinski definition) is 8. The Morgan fingerprint density at radius 2 is 1.73 bits per heavy atom. The van der Waals surface area contributed by atoms with Gasteiger partial charge in [-0.15, -0.1) is 0 Å². The number of nitrogens with zero attached hydrogens (tertiary/aromatic N) is 1. The van der Waals surface area contributed by atoms with Gasteiger partial charge in [-0.1, -0.05) is 6.07 Å². The Kier molecular flexibility index (Phi) is 12.0. The Hall–Kier alpha value is -4.04. The molecule has 1 aliphatic heterocycles. The van der Waals surface area contributed by atoms with Crippen molar-refractivity contribution in [2.24, 2.45) is 5.73 Å². The average molecular weight is 570 g/mol. The van der Waals surface area contributed by atoms with Crippen molar-refractivity contribution in [1.29, 1.82) is 5.41 Å². The predicted molar refractivity (Wildman–Crippen MR) is 141 cm³/mol. The van der Waals surface area contributed by atoms with Crippen LogP contribution in [0.2, 0.25) is 0 Å². The van der Waals surface area contributed by atoms with Crippen molar-refractivity contribution in [2.45, 2.75) is 39.1 Å². The van der Waals surface area contributed by atoms with E-state index in [0.717, 1.165) is 11.3 Å². The fourth-order valence-electron chi connectivity index (χ4n) is 3.43. The first-order chi connectivity index (χ1) is 18.8. The summed E-state index contributed by atoms with van der Waals surface area (Å²) in [5.74, 6) is -1.75. The molecule has 3 rings (SSSR count). The molecule has 11 nitrogen and oxygen atoms in total. The van der Waals surface area contributed by atoms with E-state index in [4.69, 9.17) is 35.3 Å². The zero-order valence-electron chi connectivity index (χ0n) is 22.4. The first-order valence-electron chi connectivity index (χ1n) is 12.4. The van der Waals surface area contributed by atoms with Crippen LogP contribution in [0.5, 0.6) is 11.5 Å². The maximum absolute atomic E-state index is 13.3. The molecule has 1 atom stereocenters. The van der Waals surface area contributed by atoms with Crippen LogP contribution in [-0.2, 0) is 14.3 Å². The molecule has 0 aliphatic carbocycles. The number of rotatable bonds is 10. The number of carbonyl (C=O) groups excluding carboxylic acids is 1. The molecule has 0 bridgehead atoms. The van der Waals surface area contributed by atoms with E-state index in [0.29, 0.717) is 50.0 Å². The van der Waals surface area contributed by atoms with E-state index < -0.39 is 18.2 Å². The van der Waals surface area contributed by atoms with Crippen molar-refractivity contribution >= 4 is 23.4 Å². The number of benzene rings is 2. The molecule has 2 aromatic rings. The van der Waals surface area contributed by atoms with Gasteiger partial charge in [-0.2, -0.15) is 13.2 Å². The number of amidine groups is 1. The van der Waals surface area contributed by atoms with Gasteiger partial charge < -0.3 is 30.4 Å². The van der Waals surface area contributed by atoms with E-state index in [2.05, 4.69) is 10.7 Å². The predicted octanol–water partition coefficient (Wildman–Crippen LogP) is 3.31. The molecule has 220 valence electrons. The molecule has 1 fully saturated rings. The van der Waals surface area contributed by atoms with Crippen molar-refractivity contribution in [2.75, 3.05) is 38.2 Å². The van der Waals surface area contributed by atoms with Gasteiger partial charge in [0.25, 0.3) is 5.91 Å².